The first kappa shape index (κ1) is 15.8. The zero-order valence-electron chi connectivity index (χ0n) is 12.8. The maximum absolute atomic E-state index is 9.62. The Balaban J connectivity index is 2.06. The number of hydrogen-bond acceptors (Lipinski definition) is 4. The summed E-state index contributed by atoms with van der Waals surface area (Å²) in [6.07, 6.45) is 1.66. The highest BCUT2D eigenvalue weighted by molar-refractivity contribution is 6.35. The van der Waals surface area contributed by atoms with Gasteiger partial charge in [0.25, 0.3) is 0 Å². The van der Waals surface area contributed by atoms with Crippen LogP contribution in [0.2, 0.25) is 10.0 Å². The molecule has 122 valence electrons. The standard InChI is InChI=1S/C19H11Cl2N3O/c20-11-4-1-3-10(7-11)16-13-8-15(21)12-5-2-6-24-17(12)18(13)25-19(23)14(16)9-22/h1-8,16H,23H2. The van der Waals surface area contributed by atoms with Crippen LogP contribution in [0, 0.1) is 11.3 Å². The number of fused-ring (bicyclic) bond motifs is 3. The molecule has 2 heterocycles. The number of benzene rings is 2. The van der Waals surface area contributed by atoms with Gasteiger partial charge in [0.2, 0.25) is 5.88 Å². The van der Waals surface area contributed by atoms with Crippen molar-refractivity contribution in [1.82, 2.24) is 4.98 Å². The van der Waals surface area contributed by atoms with Crippen molar-refractivity contribution in [3.05, 3.63) is 81.3 Å². The molecular formula is C19H11Cl2N3O. The third kappa shape index (κ3) is 2.49. The number of nitriles is 1. The van der Waals surface area contributed by atoms with Crippen LogP contribution in [-0.4, -0.2) is 4.98 Å². The normalized spacial score (nSPS) is 16.3. The molecule has 0 saturated carbocycles. The van der Waals surface area contributed by atoms with Crippen molar-refractivity contribution in [2.75, 3.05) is 0 Å². The summed E-state index contributed by atoms with van der Waals surface area (Å²) in [5.41, 5.74) is 8.55. The number of pyridine rings is 1. The van der Waals surface area contributed by atoms with Crippen molar-refractivity contribution in [3.8, 4) is 11.8 Å². The summed E-state index contributed by atoms with van der Waals surface area (Å²) in [5.74, 6) is 0.159. The lowest BCUT2D eigenvalue weighted by Crippen LogP contribution is -2.21. The molecule has 4 rings (SSSR count). The Bertz CT molecular complexity index is 1090. The number of nitrogens with zero attached hydrogens (tertiary/aromatic N) is 2. The predicted molar refractivity (Wildman–Crippen MR) is 97.5 cm³/mol. The molecule has 0 saturated heterocycles. The van der Waals surface area contributed by atoms with Crippen LogP contribution < -0.4 is 10.5 Å². The molecule has 1 aliphatic heterocycles. The van der Waals surface area contributed by atoms with Crippen LogP contribution in [-0.2, 0) is 0 Å². The van der Waals surface area contributed by atoms with E-state index in [-0.39, 0.29) is 5.88 Å². The number of hydrogen-bond donors (Lipinski definition) is 1. The fourth-order valence-corrected chi connectivity index (χ4v) is 3.60. The van der Waals surface area contributed by atoms with Gasteiger partial charge in [-0.25, -0.2) is 0 Å². The van der Waals surface area contributed by atoms with E-state index >= 15 is 0 Å². The average molecular weight is 368 g/mol. The number of allylic oxidation sites excluding steroid dienone is 1. The smallest absolute Gasteiger partial charge is 0.205 e. The number of aromatic nitrogens is 1. The summed E-state index contributed by atoms with van der Waals surface area (Å²) in [7, 11) is 0. The van der Waals surface area contributed by atoms with Crippen molar-refractivity contribution in [3.63, 3.8) is 0 Å². The Labute approximate surface area is 154 Å². The average Bonchev–Trinajstić information content (AvgIpc) is 2.62. The van der Waals surface area contributed by atoms with Crippen LogP contribution >= 0.6 is 23.2 Å². The topological polar surface area (TPSA) is 71.9 Å². The summed E-state index contributed by atoms with van der Waals surface area (Å²) in [6, 6.07) is 14.9. The maximum atomic E-state index is 9.62. The second kappa shape index (κ2) is 5.96. The minimum atomic E-state index is -0.420. The van der Waals surface area contributed by atoms with Crippen LogP contribution in [0.5, 0.6) is 5.75 Å². The molecule has 0 radical (unpaired) electrons. The molecule has 1 aromatic heterocycles. The zero-order chi connectivity index (χ0) is 17.6. The van der Waals surface area contributed by atoms with Gasteiger partial charge >= 0.3 is 0 Å². The Kier molecular flexibility index (Phi) is 3.76. The Morgan fingerprint density at radius 1 is 1.16 bits per heavy atom. The molecule has 0 aliphatic carbocycles. The van der Waals surface area contributed by atoms with Crippen molar-refractivity contribution < 1.29 is 4.74 Å². The van der Waals surface area contributed by atoms with Crippen LogP contribution in [0.25, 0.3) is 10.9 Å². The van der Waals surface area contributed by atoms with E-state index in [2.05, 4.69) is 11.1 Å². The number of ether oxygens (including phenoxy) is 1. The van der Waals surface area contributed by atoms with E-state index < -0.39 is 5.92 Å². The zero-order valence-corrected chi connectivity index (χ0v) is 14.3. The summed E-state index contributed by atoms with van der Waals surface area (Å²) in [5, 5.41) is 11.5. The number of halogens is 2. The SMILES string of the molecule is N#CC1=C(N)Oc2c(cc(Cl)c3cccnc23)C1c1cccc(Cl)c1. The maximum Gasteiger partial charge on any atom is 0.205 e. The van der Waals surface area contributed by atoms with E-state index in [0.717, 1.165) is 16.5 Å². The molecule has 0 fully saturated rings. The van der Waals surface area contributed by atoms with Crippen molar-refractivity contribution >= 4 is 34.1 Å². The van der Waals surface area contributed by atoms with Crippen LogP contribution in [0.15, 0.2) is 60.1 Å². The van der Waals surface area contributed by atoms with Crippen molar-refractivity contribution in [2.45, 2.75) is 5.92 Å². The van der Waals surface area contributed by atoms with Gasteiger partial charge in [0.05, 0.1) is 10.9 Å². The largest absolute Gasteiger partial charge is 0.438 e. The summed E-state index contributed by atoms with van der Waals surface area (Å²) in [6.45, 7) is 0. The van der Waals surface area contributed by atoms with Gasteiger partial charge in [-0.2, -0.15) is 5.26 Å². The Morgan fingerprint density at radius 2 is 2.00 bits per heavy atom. The minimum absolute atomic E-state index is 0.0641. The number of nitrogens with two attached hydrogens (primary N) is 1. The van der Waals surface area contributed by atoms with Gasteiger partial charge < -0.3 is 10.5 Å². The van der Waals surface area contributed by atoms with Gasteiger partial charge in [-0.1, -0.05) is 35.3 Å². The predicted octanol–water partition coefficient (Wildman–Crippen LogP) is 4.76. The van der Waals surface area contributed by atoms with Gasteiger partial charge in [-0.15, -0.1) is 0 Å². The molecule has 25 heavy (non-hydrogen) atoms. The fraction of sp³-hybridized carbons (Fsp3) is 0.0526. The molecular weight excluding hydrogens is 357 g/mol. The lowest BCUT2D eigenvalue weighted by molar-refractivity contribution is 0.397. The van der Waals surface area contributed by atoms with Gasteiger partial charge in [0.1, 0.15) is 17.2 Å². The molecule has 1 atom stereocenters. The van der Waals surface area contributed by atoms with Gasteiger partial charge in [0, 0.05) is 22.2 Å². The van der Waals surface area contributed by atoms with Crippen molar-refractivity contribution in [2.24, 2.45) is 5.73 Å². The lowest BCUT2D eigenvalue weighted by Gasteiger charge is -2.27. The minimum Gasteiger partial charge on any atom is -0.438 e. The number of rotatable bonds is 1. The molecule has 6 heteroatoms. The van der Waals surface area contributed by atoms with E-state index in [1.807, 2.05) is 24.3 Å². The molecule has 0 amide bonds. The molecule has 4 nitrogen and oxygen atoms in total. The summed E-state index contributed by atoms with van der Waals surface area (Å²) in [4.78, 5) is 4.39. The highest BCUT2D eigenvalue weighted by Gasteiger charge is 2.33. The van der Waals surface area contributed by atoms with Crippen molar-refractivity contribution in [1.29, 1.82) is 5.26 Å². The first-order valence-electron chi connectivity index (χ1n) is 7.50. The Hall–Kier alpha value is -2.74. The molecule has 0 bridgehead atoms. The highest BCUT2D eigenvalue weighted by atomic mass is 35.5. The molecule has 1 unspecified atom stereocenters. The molecule has 2 N–H and O–H groups in total. The summed E-state index contributed by atoms with van der Waals surface area (Å²) < 4.78 is 5.77. The third-order valence-corrected chi connectivity index (χ3v) is 4.75. The van der Waals surface area contributed by atoms with Gasteiger partial charge in [0.15, 0.2) is 5.75 Å². The monoisotopic (exact) mass is 367 g/mol. The first-order chi connectivity index (χ1) is 12.1. The molecule has 3 aromatic rings. The van der Waals surface area contributed by atoms with Crippen LogP contribution in [0.3, 0.4) is 0 Å². The van der Waals surface area contributed by atoms with Gasteiger partial charge in [-0.05, 0) is 35.9 Å². The van der Waals surface area contributed by atoms with Crippen LogP contribution in [0.1, 0.15) is 17.0 Å². The first-order valence-corrected chi connectivity index (χ1v) is 8.26. The van der Waals surface area contributed by atoms with Crippen LogP contribution in [0.4, 0.5) is 0 Å². The van der Waals surface area contributed by atoms with E-state index in [1.54, 1.807) is 24.4 Å². The second-order valence-corrected chi connectivity index (χ2v) is 6.50. The molecule has 1 aliphatic rings. The summed E-state index contributed by atoms with van der Waals surface area (Å²) >= 11 is 12.6. The van der Waals surface area contributed by atoms with E-state index in [9.17, 15) is 5.26 Å². The molecule has 2 aromatic carbocycles. The van der Waals surface area contributed by atoms with Gasteiger partial charge in [-0.3, -0.25) is 4.98 Å². The van der Waals surface area contributed by atoms with E-state index in [4.69, 9.17) is 33.7 Å². The second-order valence-electron chi connectivity index (χ2n) is 5.66. The van der Waals surface area contributed by atoms with E-state index in [0.29, 0.717) is 26.9 Å². The Morgan fingerprint density at radius 3 is 2.76 bits per heavy atom. The quantitative estimate of drug-likeness (QED) is 0.672. The van der Waals surface area contributed by atoms with E-state index in [1.165, 1.54) is 0 Å². The highest BCUT2D eigenvalue weighted by Crippen LogP contribution is 2.46. The molecule has 0 spiro atoms. The third-order valence-electron chi connectivity index (χ3n) is 4.20. The fourth-order valence-electron chi connectivity index (χ4n) is 3.13. The lowest BCUT2D eigenvalue weighted by atomic mass is 9.83.